The summed E-state index contributed by atoms with van der Waals surface area (Å²) in [5, 5.41) is 8.25. The molecular weight excluding hydrogens is 705 g/mol. The molecule has 4 amide bonds. The van der Waals surface area contributed by atoms with Gasteiger partial charge in [-0.3, -0.25) is 19.2 Å². The zero-order valence-corrected chi connectivity index (χ0v) is 31.8. The number of amides is 4. The number of esters is 1. The van der Waals surface area contributed by atoms with E-state index in [-0.39, 0.29) is 49.6 Å². The minimum atomic E-state index is -3.51. The molecule has 2 saturated heterocycles. The van der Waals surface area contributed by atoms with E-state index in [0.717, 1.165) is 6.26 Å². The van der Waals surface area contributed by atoms with Crippen molar-refractivity contribution in [2.24, 2.45) is 11.8 Å². The van der Waals surface area contributed by atoms with Gasteiger partial charge in [0, 0.05) is 31.5 Å². The number of alkyl carbamates (subject to hydrolysis) is 1. The number of nitrogens with one attached hydrogen (secondary N) is 3. The summed E-state index contributed by atoms with van der Waals surface area (Å²) in [7, 11) is -3.51. The number of rotatable bonds is 8. The molecule has 2 aliphatic heterocycles. The van der Waals surface area contributed by atoms with E-state index in [9.17, 15) is 32.4 Å². The van der Waals surface area contributed by atoms with E-state index in [2.05, 4.69) is 16.0 Å². The molecule has 0 spiro atoms. The lowest BCUT2D eigenvalue weighted by Gasteiger charge is -2.30. The molecule has 0 unspecified atom stereocenters. The van der Waals surface area contributed by atoms with Crippen LogP contribution in [0.2, 0.25) is 0 Å². The molecule has 14 nitrogen and oxygen atoms in total. The minimum absolute atomic E-state index is 0.0100. The summed E-state index contributed by atoms with van der Waals surface area (Å²) in [6.45, 7) is 6.90. The molecule has 2 fully saturated rings. The molecule has 3 N–H and O–H groups in total. The predicted molar refractivity (Wildman–Crippen MR) is 196 cm³/mol. The molecule has 0 saturated carbocycles. The first-order chi connectivity index (χ1) is 25.1. The van der Waals surface area contributed by atoms with Crippen molar-refractivity contribution in [1.29, 1.82) is 0 Å². The maximum Gasteiger partial charge on any atom is 0.407 e. The lowest BCUT2D eigenvalue weighted by molar-refractivity contribution is -0.164. The quantitative estimate of drug-likeness (QED) is 0.338. The number of carbonyl (C=O) groups is 5. The highest BCUT2D eigenvalue weighted by atomic mass is 32.2. The van der Waals surface area contributed by atoms with E-state index in [0.29, 0.717) is 62.4 Å². The van der Waals surface area contributed by atoms with Crippen molar-refractivity contribution in [3.8, 4) is 11.1 Å². The van der Waals surface area contributed by atoms with Gasteiger partial charge in [-0.15, -0.1) is 0 Å². The maximum atomic E-state index is 14.4. The fourth-order valence-corrected chi connectivity index (χ4v) is 7.23. The minimum Gasteiger partial charge on any atom is -0.460 e. The van der Waals surface area contributed by atoms with Crippen LogP contribution in [0.1, 0.15) is 58.4 Å². The molecule has 4 rings (SSSR count). The SMILES string of the molecule is CC(C)(C)OC(=O)[C@H]1CCCOC(=O)NCCCC[C@@H](C(=O)NCC(=O)N2CCOCC2)NC(=O)[C@@H]1Cc1ccc(-c2ccccc2S(C)(=O)=O)cc1. The van der Waals surface area contributed by atoms with E-state index in [4.69, 9.17) is 14.2 Å². The summed E-state index contributed by atoms with van der Waals surface area (Å²) in [4.78, 5) is 68.7. The van der Waals surface area contributed by atoms with Crippen molar-refractivity contribution < 1.29 is 46.6 Å². The van der Waals surface area contributed by atoms with Crippen LogP contribution in [0.15, 0.2) is 53.4 Å². The number of sulfone groups is 1. The Balaban J connectivity index is 1.65. The molecule has 0 aliphatic carbocycles. The average Bonchev–Trinajstić information content (AvgIpc) is 3.12. The number of nitrogens with zero attached hydrogens (tertiary/aromatic N) is 1. The summed E-state index contributed by atoms with van der Waals surface area (Å²) in [6.07, 6.45) is 2.19. The molecule has 3 atom stereocenters. The topological polar surface area (TPSA) is 187 Å². The van der Waals surface area contributed by atoms with Crippen LogP contribution in [0.25, 0.3) is 11.1 Å². The Bertz CT molecular complexity index is 1700. The third kappa shape index (κ3) is 12.8. The third-order valence-corrected chi connectivity index (χ3v) is 10.2. The molecule has 2 aromatic carbocycles. The molecule has 15 heteroatoms. The average molecular weight is 757 g/mol. The van der Waals surface area contributed by atoms with Gasteiger partial charge in [-0.25, -0.2) is 13.2 Å². The number of benzene rings is 2. The second-order valence-electron chi connectivity index (χ2n) is 14.4. The Morgan fingerprint density at radius 1 is 0.943 bits per heavy atom. The van der Waals surface area contributed by atoms with Gasteiger partial charge in [-0.2, -0.15) is 0 Å². The van der Waals surface area contributed by atoms with Crippen LogP contribution in [-0.4, -0.2) is 107 Å². The van der Waals surface area contributed by atoms with Crippen LogP contribution in [0.4, 0.5) is 4.79 Å². The van der Waals surface area contributed by atoms with Crippen LogP contribution in [0.5, 0.6) is 0 Å². The predicted octanol–water partition coefficient (Wildman–Crippen LogP) is 3.02. The number of cyclic esters (lactones) is 1. The Morgan fingerprint density at radius 3 is 2.32 bits per heavy atom. The molecule has 0 radical (unpaired) electrons. The third-order valence-electron chi connectivity index (χ3n) is 9.03. The second kappa shape index (κ2) is 19.0. The van der Waals surface area contributed by atoms with Crippen molar-refractivity contribution in [3.63, 3.8) is 0 Å². The highest BCUT2D eigenvalue weighted by molar-refractivity contribution is 7.90. The number of hydrogen-bond acceptors (Lipinski definition) is 10. The summed E-state index contributed by atoms with van der Waals surface area (Å²) < 4.78 is 41.4. The van der Waals surface area contributed by atoms with Crippen LogP contribution in [0.3, 0.4) is 0 Å². The molecule has 53 heavy (non-hydrogen) atoms. The van der Waals surface area contributed by atoms with Crippen molar-refractivity contribution in [1.82, 2.24) is 20.9 Å². The van der Waals surface area contributed by atoms with Crippen LogP contribution in [-0.2, 0) is 49.6 Å². The normalized spacial score (nSPS) is 21.1. The van der Waals surface area contributed by atoms with Gasteiger partial charge < -0.3 is 35.1 Å². The molecule has 0 aromatic heterocycles. The first-order valence-corrected chi connectivity index (χ1v) is 20.0. The zero-order chi connectivity index (χ0) is 38.6. The second-order valence-corrected chi connectivity index (χ2v) is 16.4. The van der Waals surface area contributed by atoms with Crippen molar-refractivity contribution in [2.45, 2.75) is 75.8 Å². The maximum absolute atomic E-state index is 14.4. The zero-order valence-electron chi connectivity index (χ0n) is 31.0. The fourth-order valence-electron chi connectivity index (χ4n) is 6.32. The molecule has 2 aromatic rings. The van der Waals surface area contributed by atoms with E-state index in [1.807, 2.05) is 0 Å². The number of ether oxygens (including phenoxy) is 3. The molecular formula is C38H52N4O10S. The van der Waals surface area contributed by atoms with E-state index in [1.54, 1.807) is 74.2 Å². The van der Waals surface area contributed by atoms with Crippen molar-refractivity contribution in [3.05, 3.63) is 54.1 Å². The van der Waals surface area contributed by atoms with Crippen LogP contribution in [0, 0.1) is 11.8 Å². The van der Waals surface area contributed by atoms with Gasteiger partial charge in [0.05, 0.1) is 43.1 Å². The molecule has 2 aliphatic rings. The van der Waals surface area contributed by atoms with Gasteiger partial charge in [-0.1, -0.05) is 42.5 Å². The van der Waals surface area contributed by atoms with Crippen LogP contribution >= 0.6 is 0 Å². The Kier molecular flexibility index (Phi) is 14.8. The lowest BCUT2D eigenvalue weighted by Crippen LogP contribution is -2.53. The number of carbonyl (C=O) groups excluding carboxylic acids is 5. The van der Waals surface area contributed by atoms with Gasteiger partial charge in [0.25, 0.3) is 0 Å². The monoisotopic (exact) mass is 756 g/mol. The van der Waals surface area contributed by atoms with Crippen molar-refractivity contribution in [2.75, 3.05) is 52.3 Å². The molecule has 0 bridgehead atoms. The number of hydrogen-bond donors (Lipinski definition) is 3. The van der Waals surface area contributed by atoms with Gasteiger partial charge in [0.2, 0.25) is 17.7 Å². The summed E-state index contributed by atoms with van der Waals surface area (Å²) in [5.74, 6) is -3.96. The Morgan fingerprint density at radius 2 is 1.64 bits per heavy atom. The largest absolute Gasteiger partial charge is 0.460 e. The number of morpholine rings is 1. The van der Waals surface area contributed by atoms with Gasteiger partial charge in [0.15, 0.2) is 9.84 Å². The first-order valence-electron chi connectivity index (χ1n) is 18.1. The smallest absolute Gasteiger partial charge is 0.407 e. The fraction of sp³-hybridized carbons (Fsp3) is 0.553. The first kappa shape index (κ1) is 41.3. The van der Waals surface area contributed by atoms with Gasteiger partial charge in [-0.05, 0) is 76.5 Å². The Labute approximate surface area is 311 Å². The standard InChI is InChI=1S/C38H52N4O10S/c1-38(2,3)52-36(46)29-11-9-21-51-37(47)39-18-8-7-12-31(35(45)40-25-33(43)42-19-22-50-23-20-42)41-34(44)30(29)24-26-14-16-27(17-15-26)28-10-5-6-13-32(28)53(4,48)49/h5-6,10,13-17,29-31H,7-9,11-12,18-25H2,1-4H3,(H,39,47)(H,40,45)(H,41,44)/t29-,30+,31-/m0/s1. The van der Waals surface area contributed by atoms with E-state index < -0.39 is 57.2 Å². The van der Waals surface area contributed by atoms with Crippen LogP contribution < -0.4 is 16.0 Å². The van der Waals surface area contributed by atoms with E-state index >= 15 is 0 Å². The highest BCUT2D eigenvalue weighted by Gasteiger charge is 2.38. The molecule has 2 heterocycles. The summed E-state index contributed by atoms with van der Waals surface area (Å²) >= 11 is 0. The Hall–Kier alpha value is -4.50. The van der Waals surface area contributed by atoms with Gasteiger partial charge in [0.1, 0.15) is 11.6 Å². The summed E-state index contributed by atoms with van der Waals surface area (Å²) in [6, 6.07) is 12.7. The van der Waals surface area contributed by atoms with Gasteiger partial charge >= 0.3 is 12.1 Å². The van der Waals surface area contributed by atoms with Crippen molar-refractivity contribution >= 4 is 39.6 Å². The highest BCUT2D eigenvalue weighted by Crippen LogP contribution is 2.30. The lowest BCUT2D eigenvalue weighted by atomic mass is 9.82. The summed E-state index contributed by atoms with van der Waals surface area (Å²) in [5.41, 5.74) is 1.01. The molecule has 290 valence electrons. The van der Waals surface area contributed by atoms with E-state index in [1.165, 1.54) is 0 Å².